The number of rotatable bonds is 7. The first-order chi connectivity index (χ1) is 7.72. The van der Waals surface area contributed by atoms with Crippen LogP contribution >= 0.6 is 27.3 Å². The zero-order chi connectivity index (χ0) is 11.8. The van der Waals surface area contributed by atoms with Crippen LogP contribution in [0.15, 0.2) is 15.9 Å². The Balaban J connectivity index is 2.08. The van der Waals surface area contributed by atoms with Crippen molar-refractivity contribution in [1.82, 2.24) is 10.6 Å². The maximum absolute atomic E-state index is 11.3. The number of thiophene rings is 1. The summed E-state index contributed by atoms with van der Waals surface area (Å²) < 4.78 is 1.12. The Morgan fingerprint density at radius 2 is 2.31 bits per heavy atom. The normalized spacial score (nSPS) is 10.4. The number of carbonyl (C=O) groups is 1. The van der Waals surface area contributed by atoms with Gasteiger partial charge in [-0.1, -0.05) is 13.3 Å². The topological polar surface area (TPSA) is 41.1 Å². The van der Waals surface area contributed by atoms with Crippen LogP contribution in [0.25, 0.3) is 0 Å². The first-order valence-electron chi connectivity index (χ1n) is 5.44. The number of hydrogen-bond donors (Lipinski definition) is 2. The zero-order valence-electron chi connectivity index (χ0n) is 9.38. The number of nitrogens with one attached hydrogen (secondary N) is 2. The number of hydrogen-bond acceptors (Lipinski definition) is 3. The summed E-state index contributed by atoms with van der Waals surface area (Å²) in [6.45, 7) is 4.03. The van der Waals surface area contributed by atoms with E-state index in [4.69, 9.17) is 0 Å². The minimum Gasteiger partial charge on any atom is -0.355 e. The van der Waals surface area contributed by atoms with Crippen molar-refractivity contribution in [3.05, 3.63) is 20.8 Å². The molecule has 5 heteroatoms. The van der Waals surface area contributed by atoms with Crippen LogP contribution in [0.3, 0.4) is 0 Å². The number of unbranched alkanes of at least 4 members (excludes halogenated alkanes) is 1. The van der Waals surface area contributed by atoms with Gasteiger partial charge in [0.25, 0.3) is 0 Å². The predicted molar refractivity (Wildman–Crippen MR) is 71.6 cm³/mol. The van der Waals surface area contributed by atoms with Crippen LogP contribution in [-0.2, 0) is 11.3 Å². The van der Waals surface area contributed by atoms with E-state index in [-0.39, 0.29) is 5.91 Å². The monoisotopic (exact) mass is 304 g/mol. The summed E-state index contributed by atoms with van der Waals surface area (Å²) in [5.41, 5.74) is 0. The lowest BCUT2D eigenvalue weighted by atomic mass is 10.3. The predicted octanol–water partition coefficient (Wildman–Crippen LogP) is 2.52. The summed E-state index contributed by atoms with van der Waals surface area (Å²) in [7, 11) is 0. The van der Waals surface area contributed by atoms with Gasteiger partial charge in [0, 0.05) is 18.0 Å². The second-order valence-electron chi connectivity index (χ2n) is 3.51. The van der Waals surface area contributed by atoms with E-state index in [1.54, 1.807) is 11.3 Å². The zero-order valence-corrected chi connectivity index (χ0v) is 11.8. The van der Waals surface area contributed by atoms with Gasteiger partial charge in [0.1, 0.15) is 0 Å². The molecule has 0 aliphatic heterocycles. The van der Waals surface area contributed by atoms with Gasteiger partial charge in [0.05, 0.1) is 10.3 Å². The first kappa shape index (κ1) is 13.7. The maximum Gasteiger partial charge on any atom is 0.233 e. The molecule has 0 saturated heterocycles. The molecule has 1 aromatic rings. The first-order valence-corrected chi connectivity index (χ1v) is 7.05. The lowest BCUT2D eigenvalue weighted by Gasteiger charge is -2.04. The molecule has 0 aliphatic rings. The van der Waals surface area contributed by atoms with E-state index in [2.05, 4.69) is 39.6 Å². The van der Waals surface area contributed by atoms with Gasteiger partial charge in [-0.3, -0.25) is 4.79 Å². The van der Waals surface area contributed by atoms with Gasteiger partial charge >= 0.3 is 0 Å². The lowest BCUT2D eigenvalue weighted by molar-refractivity contribution is -0.120. The molecule has 0 spiro atoms. The van der Waals surface area contributed by atoms with Gasteiger partial charge in [-0.15, -0.1) is 11.3 Å². The fourth-order valence-electron chi connectivity index (χ4n) is 1.21. The second-order valence-corrected chi connectivity index (χ2v) is 6.06. The molecule has 16 heavy (non-hydrogen) atoms. The van der Waals surface area contributed by atoms with Crippen molar-refractivity contribution in [1.29, 1.82) is 0 Å². The van der Waals surface area contributed by atoms with Gasteiger partial charge in [-0.25, -0.2) is 0 Å². The number of carbonyl (C=O) groups excluding carboxylic acids is 1. The fourth-order valence-corrected chi connectivity index (χ4v) is 2.67. The standard InChI is InChI=1S/C11H17BrN2OS/c1-2-3-6-14-11(15)8-13-7-9-4-5-10(12)16-9/h4-5,13H,2-3,6-8H2,1H3,(H,14,15). The molecule has 0 aromatic carbocycles. The Hall–Kier alpha value is -0.390. The summed E-state index contributed by atoms with van der Waals surface area (Å²) in [5, 5.41) is 5.99. The van der Waals surface area contributed by atoms with Gasteiger partial charge < -0.3 is 10.6 Å². The molecule has 3 nitrogen and oxygen atoms in total. The minimum atomic E-state index is 0.0732. The lowest BCUT2D eigenvalue weighted by Crippen LogP contribution is -2.33. The molecule has 0 saturated carbocycles. The van der Waals surface area contributed by atoms with Crippen LogP contribution in [0.1, 0.15) is 24.6 Å². The SMILES string of the molecule is CCCCNC(=O)CNCc1ccc(Br)s1. The summed E-state index contributed by atoms with van der Waals surface area (Å²) >= 11 is 5.09. The van der Waals surface area contributed by atoms with Crippen molar-refractivity contribution < 1.29 is 4.79 Å². The van der Waals surface area contributed by atoms with Crippen molar-refractivity contribution in [2.45, 2.75) is 26.3 Å². The Bertz CT molecular complexity index is 328. The fraction of sp³-hybridized carbons (Fsp3) is 0.545. The minimum absolute atomic E-state index is 0.0732. The number of halogens is 1. The van der Waals surface area contributed by atoms with Crippen LogP contribution < -0.4 is 10.6 Å². The van der Waals surface area contributed by atoms with Crippen LogP contribution in [-0.4, -0.2) is 19.0 Å². The van der Waals surface area contributed by atoms with Crippen LogP contribution in [0, 0.1) is 0 Å². The van der Waals surface area contributed by atoms with Gasteiger partial charge in [-0.2, -0.15) is 0 Å². The molecule has 0 atom stereocenters. The molecular weight excluding hydrogens is 288 g/mol. The molecular formula is C11H17BrN2OS. The molecule has 90 valence electrons. The van der Waals surface area contributed by atoms with E-state index < -0.39 is 0 Å². The van der Waals surface area contributed by atoms with Crippen LogP contribution in [0.5, 0.6) is 0 Å². The molecule has 1 rings (SSSR count). The molecule has 1 heterocycles. The molecule has 1 amide bonds. The van der Waals surface area contributed by atoms with Crippen LogP contribution in [0.4, 0.5) is 0 Å². The van der Waals surface area contributed by atoms with Gasteiger partial charge in [0.15, 0.2) is 0 Å². The highest BCUT2D eigenvalue weighted by Gasteiger charge is 2.01. The molecule has 2 N–H and O–H groups in total. The van der Waals surface area contributed by atoms with Crippen molar-refractivity contribution in [2.24, 2.45) is 0 Å². The van der Waals surface area contributed by atoms with Gasteiger partial charge in [0.2, 0.25) is 5.91 Å². The quantitative estimate of drug-likeness (QED) is 0.760. The van der Waals surface area contributed by atoms with Crippen molar-refractivity contribution >= 4 is 33.2 Å². The van der Waals surface area contributed by atoms with E-state index in [0.29, 0.717) is 6.54 Å². The maximum atomic E-state index is 11.3. The van der Waals surface area contributed by atoms with E-state index >= 15 is 0 Å². The summed E-state index contributed by atoms with van der Waals surface area (Å²) in [6, 6.07) is 4.07. The number of amides is 1. The molecule has 1 aromatic heterocycles. The van der Waals surface area contributed by atoms with Crippen molar-refractivity contribution in [3.8, 4) is 0 Å². The third kappa shape index (κ3) is 5.63. The Morgan fingerprint density at radius 1 is 1.50 bits per heavy atom. The molecule has 0 aliphatic carbocycles. The second kappa shape index (κ2) is 7.81. The average Bonchev–Trinajstić information content (AvgIpc) is 2.65. The Morgan fingerprint density at radius 3 is 2.94 bits per heavy atom. The van der Waals surface area contributed by atoms with E-state index in [9.17, 15) is 4.79 Å². The third-order valence-corrected chi connectivity index (χ3v) is 3.69. The summed E-state index contributed by atoms with van der Waals surface area (Å²) in [4.78, 5) is 12.6. The Labute approximate surface area is 109 Å². The average molecular weight is 305 g/mol. The Kier molecular flexibility index (Phi) is 6.68. The summed E-state index contributed by atoms with van der Waals surface area (Å²) in [5.74, 6) is 0.0732. The van der Waals surface area contributed by atoms with Gasteiger partial charge in [-0.05, 0) is 34.5 Å². The van der Waals surface area contributed by atoms with E-state index in [0.717, 1.165) is 29.7 Å². The highest BCUT2D eigenvalue weighted by Crippen LogP contribution is 2.21. The smallest absolute Gasteiger partial charge is 0.233 e. The van der Waals surface area contributed by atoms with E-state index in [1.165, 1.54) is 4.88 Å². The summed E-state index contributed by atoms with van der Waals surface area (Å²) in [6.07, 6.45) is 2.15. The largest absolute Gasteiger partial charge is 0.355 e. The highest BCUT2D eigenvalue weighted by molar-refractivity contribution is 9.11. The van der Waals surface area contributed by atoms with Crippen LogP contribution in [0.2, 0.25) is 0 Å². The molecule has 0 fully saturated rings. The molecule has 0 bridgehead atoms. The third-order valence-electron chi connectivity index (χ3n) is 2.07. The molecule has 0 radical (unpaired) electrons. The van der Waals surface area contributed by atoms with E-state index in [1.807, 2.05) is 6.07 Å². The highest BCUT2D eigenvalue weighted by atomic mass is 79.9. The van der Waals surface area contributed by atoms with Crippen molar-refractivity contribution in [3.63, 3.8) is 0 Å². The molecule has 0 unspecified atom stereocenters. The van der Waals surface area contributed by atoms with Crippen molar-refractivity contribution in [2.75, 3.05) is 13.1 Å².